The molecule has 5 nitrogen and oxygen atoms in total. The van der Waals surface area contributed by atoms with E-state index in [1.807, 2.05) is 24.3 Å². The van der Waals surface area contributed by atoms with Crippen LogP contribution in [-0.2, 0) is 6.42 Å². The lowest BCUT2D eigenvalue weighted by Crippen LogP contribution is -2.23. The summed E-state index contributed by atoms with van der Waals surface area (Å²) in [4.78, 5) is 3.92. The van der Waals surface area contributed by atoms with Crippen LogP contribution in [0.2, 0.25) is 0 Å². The van der Waals surface area contributed by atoms with Gasteiger partial charge in [0, 0.05) is 5.39 Å². The van der Waals surface area contributed by atoms with E-state index in [0.717, 1.165) is 28.7 Å². The number of hydrogen-bond acceptors (Lipinski definition) is 3. The zero-order chi connectivity index (χ0) is 14.4. The van der Waals surface area contributed by atoms with Crippen molar-refractivity contribution in [3.05, 3.63) is 41.5 Å². The third-order valence-corrected chi connectivity index (χ3v) is 3.72. The molecule has 0 atom stereocenters. The smallest absolute Gasteiger partial charge is 0.186 e. The van der Waals surface area contributed by atoms with Gasteiger partial charge in [0.25, 0.3) is 0 Å². The molecule has 0 spiro atoms. The summed E-state index contributed by atoms with van der Waals surface area (Å²) < 4.78 is 11.7. The summed E-state index contributed by atoms with van der Waals surface area (Å²) in [5.74, 6) is 0.896. The molecule has 21 heavy (non-hydrogen) atoms. The Bertz CT molecular complexity index is 876. The Balaban J connectivity index is 1.75. The lowest BCUT2D eigenvalue weighted by Gasteiger charge is -2.05. The molecule has 106 valence electrons. The van der Waals surface area contributed by atoms with Crippen LogP contribution in [0.4, 0.5) is 0 Å². The van der Waals surface area contributed by atoms with Crippen LogP contribution in [0.1, 0.15) is 11.1 Å². The topological polar surface area (TPSA) is 86.8 Å². The number of furan rings is 1. The molecule has 1 heterocycles. The van der Waals surface area contributed by atoms with Crippen LogP contribution >= 0.6 is 0 Å². The van der Waals surface area contributed by atoms with E-state index in [0.29, 0.717) is 13.2 Å². The predicted molar refractivity (Wildman–Crippen MR) is 82.7 cm³/mol. The monoisotopic (exact) mass is 281 g/mol. The molecule has 0 saturated heterocycles. The maximum Gasteiger partial charge on any atom is 0.186 e. The first-order valence-electron chi connectivity index (χ1n) is 6.88. The standard InChI is InChI=1S/C16H15N3O2/c17-16(18)19-6-7-20-11-2-1-3-12-15(11)14-10-8-9(10)4-5-13(14)21-12/h1-5H,6-8H2,(H4,17,18,19). The molecule has 0 aliphatic heterocycles. The summed E-state index contributed by atoms with van der Waals surface area (Å²) >= 11 is 0. The van der Waals surface area contributed by atoms with Crippen molar-refractivity contribution in [3.8, 4) is 5.75 Å². The van der Waals surface area contributed by atoms with Gasteiger partial charge in [-0.25, -0.2) is 0 Å². The molecule has 4 rings (SSSR count). The number of nitrogens with zero attached hydrogens (tertiary/aromatic N) is 1. The second-order valence-corrected chi connectivity index (χ2v) is 5.14. The van der Waals surface area contributed by atoms with Gasteiger partial charge in [0.05, 0.1) is 11.9 Å². The number of hydrogen-bond donors (Lipinski definition) is 2. The molecular weight excluding hydrogens is 266 g/mol. The molecule has 0 amide bonds. The van der Waals surface area contributed by atoms with Gasteiger partial charge in [-0.3, -0.25) is 4.99 Å². The van der Waals surface area contributed by atoms with Gasteiger partial charge in [0.15, 0.2) is 5.96 Å². The molecule has 1 aromatic heterocycles. The predicted octanol–water partition coefficient (Wildman–Crippen LogP) is 2.14. The van der Waals surface area contributed by atoms with E-state index >= 15 is 0 Å². The molecule has 0 bridgehead atoms. The number of aliphatic imine (C=N–C) groups is 1. The Kier molecular flexibility index (Phi) is 2.54. The minimum Gasteiger partial charge on any atom is -0.491 e. The Morgan fingerprint density at radius 1 is 1.14 bits per heavy atom. The highest BCUT2D eigenvalue weighted by atomic mass is 16.5. The Labute approximate surface area is 121 Å². The van der Waals surface area contributed by atoms with Crippen molar-refractivity contribution in [2.24, 2.45) is 16.5 Å². The first-order chi connectivity index (χ1) is 10.2. The zero-order valence-electron chi connectivity index (χ0n) is 11.4. The molecule has 0 unspecified atom stereocenters. The average Bonchev–Trinajstić information content (AvgIpc) is 3.15. The highest BCUT2D eigenvalue weighted by molar-refractivity contribution is 6.11. The van der Waals surface area contributed by atoms with Crippen molar-refractivity contribution >= 4 is 27.9 Å². The van der Waals surface area contributed by atoms with Gasteiger partial charge in [-0.2, -0.15) is 0 Å². The molecule has 1 aliphatic rings. The average molecular weight is 281 g/mol. The Hall–Kier alpha value is -2.69. The second kappa shape index (κ2) is 4.41. The molecule has 3 aromatic rings. The summed E-state index contributed by atoms with van der Waals surface area (Å²) in [5.41, 5.74) is 15.1. The molecule has 0 radical (unpaired) electrons. The maximum atomic E-state index is 5.90. The highest BCUT2D eigenvalue weighted by Crippen LogP contribution is 2.44. The lowest BCUT2D eigenvalue weighted by molar-refractivity contribution is 0.332. The van der Waals surface area contributed by atoms with E-state index in [4.69, 9.17) is 20.6 Å². The fourth-order valence-corrected chi connectivity index (χ4v) is 2.73. The van der Waals surface area contributed by atoms with Crippen LogP contribution in [0.25, 0.3) is 21.9 Å². The quantitative estimate of drug-likeness (QED) is 0.341. The summed E-state index contributed by atoms with van der Waals surface area (Å²) in [6, 6.07) is 10.0. The van der Waals surface area contributed by atoms with E-state index in [2.05, 4.69) is 11.1 Å². The fraction of sp³-hybridized carbons (Fsp3) is 0.188. The summed E-state index contributed by atoms with van der Waals surface area (Å²) in [5, 5.41) is 2.23. The number of fused-ring (bicyclic) bond motifs is 5. The normalized spacial score (nSPS) is 12.4. The van der Waals surface area contributed by atoms with Gasteiger partial charge in [0.2, 0.25) is 0 Å². The van der Waals surface area contributed by atoms with Gasteiger partial charge in [-0.15, -0.1) is 0 Å². The molecule has 1 aliphatic carbocycles. The van der Waals surface area contributed by atoms with Gasteiger partial charge < -0.3 is 20.6 Å². The summed E-state index contributed by atoms with van der Waals surface area (Å²) in [7, 11) is 0. The van der Waals surface area contributed by atoms with Crippen LogP contribution in [0.15, 0.2) is 39.7 Å². The first kappa shape index (κ1) is 12.1. The lowest BCUT2D eigenvalue weighted by atomic mass is 10.1. The van der Waals surface area contributed by atoms with E-state index < -0.39 is 0 Å². The Morgan fingerprint density at radius 3 is 2.86 bits per heavy atom. The number of nitrogens with two attached hydrogens (primary N) is 2. The molecule has 0 fully saturated rings. The Morgan fingerprint density at radius 2 is 2.00 bits per heavy atom. The summed E-state index contributed by atoms with van der Waals surface area (Å²) in [6.07, 6.45) is 1.04. The fourth-order valence-electron chi connectivity index (χ4n) is 2.73. The number of benzene rings is 2. The van der Waals surface area contributed by atoms with E-state index in [-0.39, 0.29) is 5.96 Å². The SMILES string of the molecule is NC(N)=NCCOc1cccc2oc3ccc4c(c3c12)C4. The highest BCUT2D eigenvalue weighted by Gasteiger charge is 2.25. The minimum atomic E-state index is 0.0791. The molecule has 4 N–H and O–H groups in total. The van der Waals surface area contributed by atoms with Crippen molar-refractivity contribution in [2.75, 3.05) is 13.2 Å². The van der Waals surface area contributed by atoms with Gasteiger partial charge in [0.1, 0.15) is 23.5 Å². The third-order valence-electron chi connectivity index (χ3n) is 3.72. The molecular formula is C16H15N3O2. The third kappa shape index (κ3) is 1.98. The molecule has 0 saturated carbocycles. The maximum absolute atomic E-state index is 5.90. The molecule has 2 aromatic carbocycles. The van der Waals surface area contributed by atoms with Crippen molar-refractivity contribution in [3.63, 3.8) is 0 Å². The van der Waals surface area contributed by atoms with Crippen molar-refractivity contribution in [2.45, 2.75) is 6.42 Å². The largest absolute Gasteiger partial charge is 0.491 e. The molecule has 5 heteroatoms. The van der Waals surface area contributed by atoms with Crippen LogP contribution in [0.3, 0.4) is 0 Å². The van der Waals surface area contributed by atoms with Crippen LogP contribution in [0, 0.1) is 0 Å². The van der Waals surface area contributed by atoms with Gasteiger partial charge in [-0.1, -0.05) is 12.1 Å². The number of ether oxygens (including phenoxy) is 1. The van der Waals surface area contributed by atoms with Gasteiger partial charge >= 0.3 is 0 Å². The number of guanidine groups is 1. The van der Waals surface area contributed by atoms with Crippen LogP contribution in [-0.4, -0.2) is 19.1 Å². The van der Waals surface area contributed by atoms with E-state index in [1.165, 1.54) is 16.5 Å². The van der Waals surface area contributed by atoms with Crippen LogP contribution in [0.5, 0.6) is 5.75 Å². The zero-order valence-corrected chi connectivity index (χ0v) is 11.4. The van der Waals surface area contributed by atoms with Crippen molar-refractivity contribution < 1.29 is 9.15 Å². The van der Waals surface area contributed by atoms with Gasteiger partial charge in [-0.05, 0) is 35.7 Å². The van der Waals surface area contributed by atoms with E-state index in [1.54, 1.807) is 0 Å². The summed E-state index contributed by atoms with van der Waals surface area (Å²) in [6.45, 7) is 0.866. The van der Waals surface area contributed by atoms with E-state index in [9.17, 15) is 0 Å². The first-order valence-corrected chi connectivity index (χ1v) is 6.88. The van der Waals surface area contributed by atoms with Crippen molar-refractivity contribution in [1.29, 1.82) is 0 Å². The minimum absolute atomic E-state index is 0.0791. The van der Waals surface area contributed by atoms with Crippen molar-refractivity contribution in [1.82, 2.24) is 0 Å². The van der Waals surface area contributed by atoms with Crippen LogP contribution < -0.4 is 16.2 Å². The second-order valence-electron chi connectivity index (χ2n) is 5.14. The number of rotatable bonds is 4.